The molecule has 0 amide bonds. The Morgan fingerprint density at radius 3 is 3.00 bits per heavy atom. The average Bonchev–Trinajstić information content (AvgIpc) is 2.28. The van der Waals surface area contributed by atoms with E-state index in [2.05, 4.69) is 0 Å². The average molecular weight is 188 g/mol. The molecule has 0 atom stereocenters. The minimum atomic E-state index is 0.244. The van der Waals surface area contributed by atoms with Gasteiger partial charge in [-0.15, -0.1) is 0 Å². The largest absolute Gasteiger partial charge is 0.349 e. The van der Waals surface area contributed by atoms with Crippen LogP contribution in [0.15, 0.2) is 42.1 Å². The van der Waals surface area contributed by atoms with Crippen molar-refractivity contribution in [3.63, 3.8) is 0 Å². The summed E-state index contributed by atoms with van der Waals surface area (Å²) in [6, 6.07) is 7.76. The summed E-state index contributed by atoms with van der Waals surface area (Å²) in [5, 5.41) is 0. The summed E-state index contributed by atoms with van der Waals surface area (Å²) in [6.45, 7) is 0. The standard InChI is InChI=1S/C10H8O2Si/c1-2-7-10-9(5-1)6-3-4-8-13-12-11-10/h1-8H/b6-3-,8-4-. The summed E-state index contributed by atoms with van der Waals surface area (Å²) < 4.78 is 4.98. The zero-order valence-corrected chi connectivity index (χ0v) is 7.94. The second-order valence-electron chi connectivity index (χ2n) is 2.54. The molecule has 1 aromatic rings. The summed E-state index contributed by atoms with van der Waals surface area (Å²) in [4.78, 5) is 5.12. The highest BCUT2D eigenvalue weighted by Crippen LogP contribution is 2.19. The van der Waals surface area contributed by atoms with Crippen molar-refractivity contribution in [3.05, 3.63) is 47.7 Å². The molecule has 0 N–H and O–H groups in total. The van der Waals surface area contributed by atoms with E-state index in [1.165, 1.54) is 0 Å². The molecular weight excluding hydrogens is 180 g/mol. The predicted octanol–water partition coefficient (Wildman–Crippen LogP) is 2.16. The lowest BCUT2D eigenvalue weighted by Gasteiger charge is -2.04. The number of fused-ring (bicyclic) bond motifs is 1. The van der Waals surface area contributed by atoms with E-state index in [-0.39, 0.29) is 9.76 Å². The molecule has 0 saturated carbocycles. The third-order valence-electron chi connectivity index (χ3n) is 1.65. The summed E-state index contributed by atoms with van der Waals surface area (Å²) in [7, 11) is 0.244. The molecule has 13 heavy (non-hydrogen) atoms. The number of rotatable bonds is 0. The van der Waals surface area contributed by atoms with Gasteiger partial charge in [-0.05, 0) is 6.07 Å². The maximum atomic E-state index is 5.12. The van der Waals surface area contributed by atoms with Crippen molar-refractivity contribution in [2.75, 3.05) is 0 Å². The lowest BCUT2D eigenvalue weighted by Crippen LogP contribution is -2.00. The van der Waals surface area contributed by atoms with Crippen LogP contribution in [0.1, 0.15) is 5.56 Å². The third kappa shape index (κ3) is 2.08. The van der Waals surface area contributed by atoms with Crippen LogP contribution in [0, 0.1) is 0 Å². The zero-order chi connectivity index (χ0) is 8.93. The van der Waals surface area contributed by atoms with E-state index in [1.807, 2.05) is 48.2 Å². The Kier molecular flexibility index (Phi) is 2.59. The molecule has 2 radical (unpaired) electrons. The van der Waals surface area contributed by atoms with Gasteiger partial charge in [0.05, 0.1) is 0 Å². The van der Waals surface area contributed by atoms with Crippen molar-refractivity contribution in [2.45, 2.75) is 0 Å². The quantitative estimate of drug-likeness (QED) is 0.459. The summed E-state index contributed by atoms with van der Waals surface area (Å²) in [6.07, 6.45) is 5.92. The van der Waals surface area contributed by atoms with Gasteiger partial charge in [-0.3, -0.25) is 0 Å². The van der Waals surface area contributed by atoms with E-state index in [0.29, 0.717) is 0 Å². The number of hydrogen-bond donors (Lipinski definition) is 0. The summed E-state index contributed by atoms with van der Waals surface area (Å²) in [5.74, 6) is 0.759. The second-order valence-corrected chi connectivity index (χ2v) is 3.28. The number of para-hydroxylation sites is 1. The highest BCUT2D eigenvalue weighted by atomic mass is 28.2. The van der Waals surface area contributed by atoms with E-state index >= 15 is 0 Å². The Morgan fingerprint density at radius 2 is 2.00 bits per heavy atom. The van der Waals surface area contributed by atoms with Crippen LogP contribution < -0.4 is 4.89 Å². The van der Waals surface area contributed by atoms with Crippen LogP contribution in [0.3, 0.4) is 0 Å². The van der Waals surface area contributed by atoms with Crippen molar-refractivity contribution in [1.82, 2.24) is 0 Å². The van der Waals surface area contributed by atoms with Crippen LogP contribution in [0.5, 0.6) is 5.75 Å². The minimum Gasteiger partial charge on any atom is -0.349 e. The molecule has 0 aromatic heterocycles. The van der Waals surface area contributed by atoms with E-state index in [1.54, 1.807) is 0 Å². The molecule has 64 valence electrons. The normalized spacial score (nSPS) is 20.0. The number of benzene rings is 1. The number of hydrogen-bond acceptors (Lipinski definition) is 2. The molecule has 3 heteroatoms. The molecule has 0 bridgehead atoms. The molecule has 1 heterocycles. The first-order chi connectivity index (χ1) is 6.47. The maximum absolute atomic E-state index is 5.12. The highest BCUT2D eigenvalue weighted by Gasteiger charge is 2.00. The molecule has 2 rings (SSSR count). The Balaban J connectivity index is 2.35. The smallest absolute Gasteiger partial charge is 0.331 e. The lowest BCUT2D eigenvalue weighted by atomic mass is 10.2. The van der Waals surface area contributed by atoms with Crippen molar-refractivity contribution in [3.8, 4) is 5.75 Å². The molecule has 2 nitrogen and oxygen atoms in total. The van der Waals surface area contributed by atoms with E-state index < -0.39 is 0 Å². The Morgan fingerprint density at radius 1 is 1.08 bits per heavy atom. The second kappa shape index (κ2) is 4.07. The Hall–Kier alpha value is -1.32. The van der Waals surface area contributed by atoms with Crippen LogP contribution in [0.2, 0.25) is 0 Å². The Bertz CT molecular complexity index is 345. The SMILES string of the molecule is C1=C\[Si]OOc2ccccc2\C=C/1. The maximum Gasteiger partial charge on any atom is 0.331 e. The molecular formula is C10H8O2Si. The van der Waals surface area contributed by atoms with Crippen molar-refractivity contribution >= 4 is 15.8 Å². The van der Waals surface area contributed by atoms with Crippen molar-refractivity contribution in [2.24, 2.45) is 0 Å². The molecule has 0 saturated heterocycles. The Labute approximate surface area is 79.4 Å². The van der Waals surface area contributed by atoms with Crippen LogP contribution in [0.4, 0.5) is 0 Å². The van der Waals surface area contributed by atoms with Gasteiger partial charge >= 0.3 is 9.76 Å². The van der Waals surface area contributed by atoms with Crippen LogP contribution >= 0.6 is 0 Å². The first-order valence-electron chi connectivity index (χ1n) is 3.98. The van der Waals surface area contributed by atoms with E-state index in [0.717, 1.165) is 11.3 Å². The van der Waals surface area contributed by atoms with Crippen molar-refractivity contribution in [1.29, 1.82) is 0 Å². The van der Waals surface area contributed by atoms with Crippen LogP contribution in [-0.2, 0) is 4.58 Å². The van der Waals surface area contributed by atoms with Gasteiger partial charge in [0.2, 0.25) is 0 Å². The van der Waals surface area contributed by atoms with Crippen LogP contribution in [0.25, 0.3) is 6.08 Å². The van der Waals surface area contributed by atoms with Crippen molar-refractivity contribution < 1.29 is 9.46 Å². The predicted molar refractivity (Wildman–Crippen MR) is 52.1 cm³/mol. The topological polar surface area (TPSA) is 18.5 Å². The van der Waals surface area contributed by atoms with Gasteiger partial charge in [-0.25, -0.2) is 4.58 Å². The molecule has 1 aliphatic rings. The third-order valence-corrected chi connectivity index (χ3v) is 2.16. The fourth-order valence-corrected chi connectivity index (χ4v) is 1.43. The highest BCUT2D eigenvalue weighted by molar-refractivity contribution is 6.34. The first kappa shape index (κ1) is 8.28. The van der Waals surface area contributed by atoms with Gasteiger partial charge in [0.25, 0.3) is 0 Å². The first-order valence-corrected chi connectivity index (χ1v) is 4.97. The monoisotopic (exact) mass is 188 g/mol. The fourth-order valence-electron chi connectivity index (χ4n) is 1.04. The molecule has 0 spiro atoms. The number of allylic oxidation sites excluding steroid dienone is 2. The molecule has 0 unspecified atom stereocenters. The van der Waals surface area contributed by atoms with E-state index in [9.17, 15) is 0 Å². The summed E-state index contributed by atoms with van der Waals surface area (Å²) >= 11 is 0. The fraction of sp³-hybridized carbons (Fsp3) is 0. The van der Waals surface area contributed by atoms with Gasteiger partial charge in [0, 0.05) is 5.56 Å². The van der Waals surface area contributed by atoms with Gasteiger partial charge < -0.3 is 4.89 Å². The van der Waals surface area contributed by atoms with Gasteiger partial charge in [0.15, 0.2) is 5.75 Å². The van der Waals surface area contributed by atoms with Gasteiger partial charge in [-0.1, -0.05) is 42.1 Å². The van der Waals surface area contributed by atoms with Crippen LogP contribution in [-0.4, -0.2) is 9.76 Å². The summed E-state index contributed by atoms with van der Waals surface area (Å²) in [5.41, 5.74) is 2.95. The zero-order valence-electron chi connectivity index (χ0n) is 6.94. The molecule has 1 aliphatic heterocycles. The molecule has 1 aromatic carbocycles. The molecule has 0 fully saturated rings. The van der Waals surface area contributed by atoms with Gasteiger partial charge in [0.1, 0.15) is 0 Å². The van der Waals surface area contributed by atoms with E-state index in [4.69, 9.17) is 9.46 Å². The minimum absolute atomic E-state index is 0.244. The van der Waals surface area contributed by atoms with Gasteiger partial charge in [-0.2, -0.15) is 0 Å². The molecule has 0 aliphatic carbocycles. The lowest BCUT2D eigenvalue weighted by molar-refractivity contribution is -0.0974.